The van der Waals surface area contributed by atoms with Crippen LogP contribution in [0.3, 0.4) is 0 Å². The lowest BCUT2D eigenvalue weighted by Gasteiger charge is -1.92. The molecule has 2 rings (SSSR count). The van der Waals surface area contributed by atoms with Gasteiger partial charge >= 0.3 is 0 Å². The number of nitriles is 1. The molecule has 0 unspecified atom stereocenters. The summed E-state index contributed by atoms with van der Waals surface area (Å²) < 4.78 is 1.02. The van der Waals surface area contributed by atoms with Gasteiger partial charge in [-0.3, -0.25) is 5.21 Å². The summed E-state index contributed by atoms with van der Waals surface area (Å²) in [4.78, 5) is 3.91. The summed E-state index contributed by atoms with van der Waals surface area (Å²) in [5.74, 6) is 0. The average molecular weight is 297 g/mol. The third-order valence-corrected chi connectivity index (χ3v) is 2.57. The number of nitrogens with zero attached hydrogens (tertiary/aromatic N) is 3. The van der Waals surface area contributed by atoms with Gasteiger partial charge in [0.05, 0.1) is 5.02 Å². The van der Waals surface area contributed by atoms with Crippen LogP contribution in [0.15, 0.2) is 30.5 Å². The van der Waals surface area contributed by atoms with Crippen LogP contribution >= 0.6 is 23.2 Å². The van der Waals surface area contributed by atoms with E-state index in [1.165, 1.54) is 12.3 Å². The van der Waals surface area contributed by atoms with Crippen LogP contribution in [0.1, 0.15) is 17.1 Å². The molecule has 2 aromatic heterocycles. The van der Waals surface area contributed by atoms with Crippen molar-refractivity contribution in [1.82, 2.24) is 4.98 Å². The maximum Gasteiger partial charge on any atom is 0.232 e. The molecule has 19 heavy (non-hydrogen) atoms. The van der Waals surface area contributed by atoms with Gasteiger partial charge in [-0.2, -0.15) is 5.26 Å². The van der Waals surface area contributed by atoms with Crippen LogP contribution in [0.4, 0.5) is 0 Å². The zero-order valence-corrected chi connectivity index (χ0v) is 11.9. The first-order valence-electron chi connectivity index (χ1n) is 5.33. The summed E-state index contributed by atoms with van der Waals surface area (Å²) in [6.45, 7) is 3.57. The Hall–Kier alpha value is -1.83. The molecule has 0 radical (unpaired) electrons. The molecule has 0 aliphatic carbocycles. The van der Waals surface area contributed by atoms with Crippen LogP contribution in [-0.2, 0) is 0 Å². The summed E-state index contributed by atoms with van der Waals surface area (Å²) in [6.07, 6.45) is 1.50. The number of aryl methyl sites for hydroxylation is 2. The molecule has 4 nitrogen and oxygen atoms in total. The zero-order chi connectivity index (χ0) is 14.4. The highest BCUT2D eigenvalue weighted by Gasteiger charge is 2.01. The summed E-state index contributed by atoms with van der Waals surface area (Å²) in [6, 6.07) is 8.46. The molecule has 0 aliphatic heterocycles. The second-order valence-corrected chi connectivity index (χ2v) is 4.63. The highest BCUT2D eigenvalue weighted by Crippen LogP contribution is 2.09. The standard InChI is InChI=1S/C7H5ClN2.C6H7ClNO/c1-5-2-6(8)3-7(4-9)10-5;1-5-4-6(7)2-3-8(5)9/h2-3H,1H3;2-4,9H,1H3/q;+1. The van der Waals surface area contributed by atoms with Crippen molar-refractivity contribution in [3.05, 3.63) is 57.6 Å². The van der Waals surface area contributed by atoms with E-state index in [4.69, 9.17) is 33.7 Å². The van der Waals surface area contributed by atoms with Gasteiger partial charge in [0, 0.05) is 34.5 Å². The number of hydrogen-bond acceptors (Lipinski definition) is 3. The fraction of sp³-hybridized carbons (Fsp3) is 0.154. The predicted octanol–water partition coefficient (Wildman–Crippen LogP) is 3.09. The van der Waals surface area contributed by atoms with Crippen molar-refractivity contribution < 1.29 is 9.94 Å². The van der Waals surface area contributed by atoms with Gasteiger partial charge in [0.25, 0.3) is 0 Å². The molecule has 0 fully saturated rings. The lowest BCUT2D eigenvalue weighted by Crippen LogP contribution is -2.32. The zero-order valence-electron chi connectivity index (χ0n) is 10.4. The van der Waals surface area contributed by atoms with Crippen molar-refractivity contribution in [2.75, 3.05) is 0 Å². The Morgan fingerprint density at radius 3 is 2.37 bits per heavy atom. The molecule has 0 aromatic carbocycles. The minimum Gasteiger partial charge on any atom is -0.285 e. The quantitative estimate of drug-likeness (QED) is 0.600. The van der Waals surface area contributed by atoms with E-state index in [0.717, 1.165) is 16.1 Å². The molecule has 6 heteroatoms. The van der Waals surface area contributed by atoms with Gasteiger partial charge in [-0.1, -0.05) is 23.2 Å². The van der Waals surface area contributed by atoms with E-state index in [-0.39, 0.29) is 0 Å². The molecular weight excluding hydrogens is 285 g/mol. The van der Waals surface area contributed by atoms with Crippen LogP contribution in [0, 0.1) is 25.2 Å². The topological polar surface area (TPSA) is 60.8 Å². The van der Waals surface area contributed by atoms with Crippen molar-refractivity contribution in [1.29, 1.82) is 5.26 Å². The van der Waals surface area contributed by atoms with Crippen molar-refractivity contribution in [3.8, 4) is 6.07 Å². The molecule has 0 saturated heterocycles. The SMILES string of the molecule is Cc1cc(Cl)cc(C#N)n1.Cc1cc(Cl)cc[n+]1O. The highest BCUT2D eigenvalue weighted by molar-refractivity contribution is 6.30. The fourth-order valence-corrected chi connectivity index (χ4v) is 1.73. The number of pyridine rings is 2. The van der Waals surface area contributed by atoms with Gasteiger partial charge < -0.3 is 0 Å². The minimum absolute atomic E-state index is 0.366. The molecule has 2 aromatic rings. The lowest BCUT2D eigenvalue weighted by atomic mass is 10.3. The minimum atomic E-state index is 0.366. The number of aromatic nitrogens is 2. The monoisotopic (exact) mass is 296 g/mol. The first kappa shape index (κ1) is 15.2. The lowest BCUT2D eigenvalue weighted by molar-refractivity contribution is -0.908. The van der Waals surface area contributed by atoms with E-state index in [9.17, 15) is 0 Å². The molecular formula is C13H12Cl2N3O+. The number of rotatable bonds is 0. The normalized spacial score (nSPS) is 9.21. The highest BCUT2D eigenvalue weighted by atomic mass is 35.5. The molecule has 0 aliphatic rings. The van der Waals surface area contributed by atoms with Gasteiger partial charge in [-0.15, -0.1) is 0 Å². The van der Waals surface area contributed by atoms with Gasteiger partial charge in [0.15, 0.2) is 0 Å². The Morgan fingerprint density at radius 1 is 1.21 bits per heavy atom. The second kappa shape index (κ2) is 6.93. The van der Waals surface area contributed by atoms with Crippen molar-refractivity contribution >= 4 is 23.2 Å². The molecule has 0 atom stereocenters. The van der Waals surface area contributed by atoms with E-state index in [2.05, 4.69) is 4.98 Å². The van der Waals surface area contributed by atoms with E-state index >= 15 is 0 Å². The van der Waals surface area contributed by atoms with Crippen LogP contribution < -0.4 is 4.73 Å². The molecule has 0 amide bonds. The summed E-state index contributed by atoms with van der Waals surface area (Å²) in [5.41, 5.74) is 1.86. The van der Waals surface area contributed by atoms with E-state index in [1.54, 1.807) is 32.0 Å². The predicted molar refractivity (Wildman–Crippen MR) is 72.3 cm³/mol. The molecule has 1 N–H and O–H groups in total. The molecule has 2 heterocycles. The average Bonchev–Trinajstić information content (AvgIpc) is 2.34. The molecule has 0 spiro atoms. The molecule has 0 saturated carbocycles. The van der Waals surface area contributed by atoms with Crippen molar-refractivity contribution in [3.63, 3.8) is 0 Å². The Balaban J connectivity index is 0.000000191. The van der Waals surface area contributed by atoms with E-state index in [0.29, 0.717) is 15.7 Å². The largest absolute Gasteiger partial charge is 0.285 e. The first-order valence-corrected chi connectivity index (χ1v) is 6.09. The van der Waals surface area contributed by atoms with E-state index < -0.39 is 0 Å². The summed E-state index contributed by atoms with van der Waals surface area (Å²) in [7, 11) is 0. The second-order valence-electron chi connectivity index (χ2n) is 3.75. The van der Waals surface area contributed by atoms with Gasteiger partial charge in [-0.25, -0.2) is 4.98 Å². The number of halogens is 2. The third-order valence-electron chi connectivity index (χ3n) is 2.12. The smallest absolute Gasteiger partial charge is 0.232 e. The van der Waals surface area contributed by atoms with Crippen LogP contribution in [0.5, 0.6) is 0 Å². The third kappa shape index (κ3) is 5.12. The molecule has 98 valence electrons. The maximum absolute atomic E-state index is 8.90. The Bertz CT molecular complexity index is 604. The summed E-state index contributed by atoms with van der Waals surface area (Å²) in [5, 5.41) is 18.5. The fourth-order valence-electron chi connectivity index (χ4n) is 1.26. The van der Waals surface area contributed by atoms with Gasteiger partial charge in [0.2, 0.25) is 11.9 Å². The Kier molecular flexibility index (Phi) is 5.56. The van der Waals surface area contributed by atoms with Crippen LogP contribution in [-0.4, -0.2) is 10.2 Å². The number of hydrogen-bond donors (Lipinski definition) is 1. The van der Waals surface area contributed by atoms with E-state index in [1.807, 2.05) is 6.07 Å². The van der Waals surface area contributed by atoms with Gasteiger partial charge in [0.1, 0.15) is 11.8 Å². The summed E-state index contributed by atoms with van der Waals surface area (Å²) >= 11 is 11.2. The van der Waals surface area contributed by atoms with Gasteiger partial charge in [-0.05, 0) is 19.1 Å². The Morgan fingerprint density at radius 2 is 1.89 bits per heavy atom. The Labute approximate surface area is 121 Å². The first-order chi connectivity index (χ1) is 8.92. The molecule has 0 bridgehead atoms. The van der Waals surface area contributed by atoms with Crippen molar-refractivity contribution in [2.24, 2.45) is 0 Å². The van der Waals surface area contributed by atoms with Crippen LogP contribution in [0.25, 0.3) is 0 Å². The van der Waals surface area contributed by atoms with Crippen molar-refractivity contribution in [2.45, 2.75) is 13.8 Å². The van der Waals surface area contributed by atoms with Crippen LogP contribution in [0.2, 0.25) is 10.0 Å². The maximum atomic E-state index is 8.90.